The third kappa shape index (κ3) is 9.72. The van der Waals surface area contributed by atoms with Crippen LogP contribution in [0.25, 0.3) is 0 Å². The Morgan fingerprint density at radius 2 is 2.00 bits per heavy atom. The molecule has 6 heteroatoms. The molecule has 1 aliphatic carbocycles. The van der Waals surface area contributed by atoms with Crippen LogP contribution in [-0.2, 0) is 9.47 Å². The highest BCUT2D eigenvalue weighted by molar-refractivity contribution is 14.0. The van der Waals surface area contributed by atoms with Crippen molar-refractivity contribution in [3.63, 3.8) is 0 Å². The summed E-state index contributed by atoms with van der Waals surface area (Å²) in [5, 5.41) is 3.34. The summed E-state index contributed by atoms with van der Waals surface area (Å²) >= 11 is 0. The average Bonchev–Trinajstić information content (AvgIpc) is 3.25. The second-order valence-electron chi connectivity index (χ2n) is 7.22. The van der Waals surface area contributed by atoms with E-state index in [1.807, 2.05) is 0 Å². The number of nitrogens with one attached hydrogen (secondary N) is 1. The van der Waals surface area contributed by atoms with Crippen LogP contribution in [0.3, 0.4) is 0 Å². The Balaban J connectivity index is 0.00000484. The quantitative estimate of drug-likeness (QED) is 0.259. The third-order valence-corrected chi connectivity index (χ3v) is 3.98. The van der Waals surface area contributed by atoms with Crippen LogP contribution in [0.1, 0.15) is 40.5 Å². The van der Waals surface area contributed by atoms with E-state index in [9.17, 15) is 0 Å². The van der Waals surface area contributed by atoms with Gasteiger partial charge in [-0.05, 0) is 31.1 Å². The van der Waals surface area contributed by atoms with E-state index in [0.717, 1.165) is 38.2 Å². The number of hydrogen-bond acceptors (Lipinski definition) is 3. The molecule has 0 amide bonds. The van der Waals surface area contributed by atoms with Crippen LogP contribution >= 0.6 is 24.0 Å². The van der Waals surface area contributed by atoms with E-state index in [-0.39, 0.29) is 35.5 Å². The molecule has 1 N–H and O–H groups in total. The van der Waals surface area contributed by atoms with Crippen molar-refractivity contribution >= 4 is 29.9 Å². The maximum absolute atomic E-state index is 5.71. The van der Waals surface area contributed by atoms with Gasteiger partial charge in [0.05, 0.1) is 19.3 Å². The molecule has 0 heterocycles. The smallest absolute Gasteiger partial charge is 0.193 e. The van der Waals surface area contributed by atoms with Crippen molar-refractivity contribution in [2.75, 3.05) is 47.0 Å². The molecule has 1 atom stereocenters. The van der Waals surface area contributed by atoms with Gasteiger partial charge in [-0.2, -0.15) is 0 Å². The summed E-state index contributed by atoms with van der Waals surface area (Å²) in [7, 11) is 3.81. The minimum absolute atomic E-state index is 0. The molecule has 0 aromatic rings. The number of guanidine groups is 1. The summed E-state index contributed by atoms with van der Waals surface area (Å²) in [5.74, 6) is 1.74. The van der Waals surface area contributed by atoms with E-state index in [2.05, 4.69) is 45.0 Å². The molecule has 0 aromatic heterocycles. The van der Waals surface area contributed by atoms with Gasteiger partial charge in [-0.25, -0.2) is 0 Å². The SMILES string of the molecule is CCNC(=NCC(OC)C(C)(C)C)N(C)CCOCC1CC1.I. The van der Waals surface area contributed by atoms with Gasteiger partial charge in [0.2, 0.25) is 0 Å². The first kappa shape index (κ1) is 22.9. The van der Waals surface area contributed by atoms with Crippen LogP contribution in [0.5, 0.6) is 0 Å². The van der Waals surface area contributed by atoms with Gasteiger partial charge >= 0.3 is 0 Å². The largest absolute Gasteiger partial charge is 0.379 e. The predicted molar refractivity (Wildman–Crippen MR) is 108 cm³/mol. The summed E-state index contributed by atoms with van der Waals surface area (Å²) in [4.78, 5) is 6.86. The lowest BCUT2D eigenvalue weighted by Crippen LogP contribution is -2.42. The summed E-state index contributed by atoms with van der Waals surface area (Å²) in [6.45, 7) is 12.7. The molecule has 0 spiro atoms. The van der Waals surface area contributed by atoms with Crippen molar-refractivity contribution in [3.8, 4) is 0 Å². The molecule has 0 bridgehead atoms. The molecule has 1 rings (SSSR count). The van der Waals surface area contributed by atoms with Gasteiger partial charge in [-0.1, -0.05) is 20.8 Å². The standard InChI is InChI=1S/C17H35N3O2.HI/c1-7-18-16(19-12-15(21-6)17(2,3)4)20(5)10-11-22-13-14-8-9-14;/h14-15H,7-13H2,1-6H3,(H,18,19);1H. The van der Waals surface area contributed by atoms with Gasteiger partial charge in [0.15, 0.2) is 5.96 Å². The molecule has 1 fully saturated rings. The Morgan fingerprint density at radius 3 is 2.48 bits per heavy atom. The molecular weight excluding hydrogens is 405 g/mol. The third-order valence-electron chi connectivity index (χ3n) is 3.98. The van der Waals surface area contributed by atoms with Crippen LogP contribution < -0.4 is 5.32 Å². The van der Waals surface area contributed by atoms with Gasteiger partial charge in [-0.15, -0.1) is 24.0 Å². The van der Waals surface area contributed by atoms with E-state index in [1.54, 1.807) is 7.11 Å². The number of hydrogen-bond donors (Lipinski definition) is 1. The summed E-state index contributed by atoms with van der Waals surface area (Å²) in [6, 6.07) is 0. The van der Waals surface area contributed by atoms with Crippen molar-refractivity contribution in [1.82, 2.24) is 10.2 Å². The summed E-state index contributed by atoms with van der Waals surface area (Å²) in [5.41, 5.74) is 0.0848. The monoisotopic (exact) mass is 441 g/mol. The molecular formula is C17H36IN3O2. The molecule has 138 valence electrons. The Hall–Kier alpha value is -0.0800. The zero-order valence-electron chi connectivity index (χ0n) is 15.7. The number of halogens is 1. The van der Waals surface area contributed by atoms with E-state index in [1.165, 1.54) is 12.8 Å². The summed E-state index contributed by atoms with van der Waals surface area (Å²) in [6.07, 6.45) is 2.79. The van der Waals surface area contributed by atoms with Crippen molar-refractivity contribution in [2.45, 2.75) is 46.6 Å². The molecule has 0 aromatic carbocycles. The Bertz CT molecular complexity index is 341. The molecule has 1 unspecified atom stereocenters. The molecule has 23 heavy (non-hydrogen) atoms. The first-order chi connectivity index (χ1) is 10.4. The first-order valence-corrected chi connectivity index (χ1v) is 8.48. The topological polar surface area (TPSA) is 46.1 Å². The van der Waals surface area contributed by atoms with Gasteiger partial charge < -0.3 is 19.7 Å². The molecule has 0 radical (unpaired) electrons. The first-order valence-electron chi connectivity index (χ1n) is 8.48. The fourth-order valence-electron chi connectivity index (χ4n) is 2.18. The Labute approximate surface area is 159 Å². The zero-order valence-corrected chi connectivity index (χ0v) is 18.1. The summed E-state index contributed by atoms with van der Waals surface area (Å²) < 4.78 is 11.3. The maximum atomic E-state index is 5.71. The van der Waals surface area contributed by atoms with Crippen LogP contribution in [0.2, 0.25) is 0 Å². The fraction of sp³-hybridized carbons (Fsp3) is 0.941. The highest BCUT2D eigenvalue weighted by Crippen LogP contribution is 2.28. The lowest BCUT2D eigenvalue weighted by molar-refractivity contribution is 0.0239. The Kier molecular flexibility index (Phi) is 11.4. The van der Waals surface area contributed by atoms with E-state index < -0.39 is 0 Å². The van der Waals surface area contributed by atoms with Crippen LogP contribution in [0, 0.1) is 11.3 Å². The predicted octanol–water partition coefficient (Wildman–Crippen LogP) is 2.99. The van der Waals surface area contributed by atoms with E-state index >= 15 is 0 Å². The number of ether oxygens (including phenoxy) is 2. The van der Waals surface area contributed by atoms with Crippen molar-refractivity contribution in [1.29, 1.82) is 0 Å². The number of methoxy groups -OCH3 is 1. The van der Waals surface area contributed by atoms with Crippen molar-refractivity contribution in [2.24, 2.45) is 16.3 Å². The average molecular weight is 441 g/mol. The molecule has 0 saturated heterocycles. The van der Waals surface area contributed by atoms with Crippen molar-refractivity contribution < 1.29 is 9.47 Å². The van der Waals surface area contributed by atoms with Gasteiger partial charge in [0.25, 0.3) is 0 Å². The lowest BCUT2D eigenvalue weighted by Gasteiger charge is -2.29. The molecule has 0 aliphatic heterocycles. The van der Waals surface area contributed by atoms with Crippen LogP contribution in [0.15, 0.2) is 4.99 Å². The lowest BCUT2D eigenvalue weighted by atomic mass is 9.89. The molecule has 1 saturated carbocycles. The van der Waals surface area contributed by atoms with Gasteiger partial charge in [0, 0.05) is 33.9 Å². The van der Waals surface area contributed by atoms with E-state index in [0.29, 0.717) is 6.54 Å². The highest BCUT2D eigenvalue weighted by atomic mass is 127. The van der Waals surface area contributed by atoms with Crippen molar-refractivity contribution in [3.05, 3.63) is 0 Å². The van der Waals surface area contributed by atoms with Crippen LogP contribution in [0.4, 0.5) is 0 Å². The minimum atomic E-state index is 0. The van der Waals surface area contributed by atoms with E-state index in [4.69, 9.17) is 14.5 Å². The Morgan fingerprint density at radius 1 is 1.35 bits per heavy atom. The molecule has 5 nitrogen and oxygen atoms in total. The highest BCUT2D eigenvalue weighted by Gasteiger charge is 2.24. The number of rotatable bonds is 9. The fourth-order valence-corrected chi connectivity index (χ4v) is 2.18. The molecule has 1 aliphatic rings. The maximum Gasteiger partial charge on any atom is 0.193 e. The van der Waals surface area contributed by atoms with Crippen LogP contribution in [-0.4, -0.2) is 64.0 Å². The van der Waals surface area contributed by atoms with Gasteiger partial charge in [-0.3, -0.25) is 4.99 Å². The zero-order chi connectivity index (χ0) is 16.6. The minimum Gasteiger partial charge on any atom is -0.379 e. The number of nitrogens with zero attached hydrogens (tertiary/aromatic N) is 2. The van der Waals surface area contributed by atoms with Gasteiger partial charge in [0.1, 0.15) is 0 Å². The normalized spacial score (nSPS) is 16.7. The second-order valence-corrected chi connectivity index (χ2v) is 7.22. The second kappa shape index (κ2) is 11.5. The number of likely N-dealkylation sites (N-methyl/N-ethyl adjacent to an activating group) is 1. The number of aliphatic imine (C=N–C) groups is 1.